The Labute approximate surface area is 143 Å². The lowest BCUT2D eigenvalue weighted by atomic mass is 9.85. The molecule has 0 aliphatic rings. The number of hydrogen-bond acceptors (Lipinski definition) is 0. The molecule has 1 heteroatoms. The minimum atomic E-state index is 0.0936. The van der Waals surface area contributed by atoms with Gasteiger partial charge in [-0.15, -0.1) is 0 Å². The van der Waals surface area contributed by atoms with Crippen molar-refractivity contribution in [3.63, 3.8) is 0 Å². The molecule has 0 unspecified atom stereocenters. The molecular weight excluding hydrogens is 290 g/mol. The maximum atomic E-state index is 2.42. The van der Waals surface area contributed by atoms with Crippen molar-refractivity contribution in [3.05, 3.63) is 77.9 Å². The molecule has 0 aliphatic heterocycles. The molecule has 0 fully saturated rings. The third kappa shape index (κ3) is 2.24. The zero-order valence-electron chi connectivity index (χ0n) is 14.8. The van der Waals surface area contributed by atoms with Crippen molar-refractivity contribution in [3.8, 4) is 5.69 Å². The lowest BCUT2D eigenvalue weighted by Crippen LogP contribution is -2.13. The molecule has 0 spiro atoms. The predicted octanol–water partition coefficient (Wildman–Crippen LogP) is 6.39. The van der Waals surface area contributed by atoms with Gasteiger partial charge in [0.05, 0.1) is 11.0 Å². The first kappa shape index (κ1) is 15.0. The largest absolute Gasteiger partial charge is 0.309 e. The van der Waals surface area contributed by atoms with E-state index in [2.05, 4.69) is 99.0 Å². The Morgan fingerprint density at radius 1 is 0.708 bits per heavy atom. The summed E-state index contributed by atoms with van der Waals surface area (Å²) < 4.78 is 2.42. The molecule has 1 heterocycles. The Balaban J connectivity index is 2.22. The minimum Gasteiger partial charge on any atom is -0.309 e. The zero-order valence-corrected chi connectivity index (χ0v) is 14.8. The Bertz CT molecular complexity index is 1030. The summed E-state index contributed by atoms with van der Waals surface area (Å²) in [6.45, 7) is 9.01. The molecule has 0 amide bonds. The molecule has 0 N–H and O–H groups in total. The molecule has 0 saturated heterocycles. The van der Waals surface area contributed by atoms with Gasteiger partial charge in [-0.25, -0.2) is 0 Å². The van der Waals surface area contributed by atoms with Gasteiger partial charge in [-0.3, -0.25) is 0 Å². The van der Waals surface area contributed by atoms with Crippen LogP contribution >= 0.6 is 0 Å². The normalized spacial score (nSPS) is 12.2. The van der Waals surface area contributed by atoms with Gasteiger partial charge >= 0.3 is 0 Å². The van der Waals surface area contributed by atoms with Gasteiger partial charge in [0, 0.05) is 16.5 Å². The number of rotatable bonds is 1. The van der Waals surface area contributed by atoms with Crippen LogP contribution in [0.4, 0.5) is 0 Å². The molecule has 4 aromatic rings. The molecule has 0 radical (unpaired) electrons. The van der Waals surface area contributed by atoms with Crippen LogP contribution in [0.2, 0.25) is 0 Å². The summed E-state index contributed by atoms with van der Waals surface area (Å²) in [5, 5.41) is 2.65. The zero-order chi connectivity index (χ0) is 16.9. The summed E-state index contributed by atoms with van der Waals surface area (Å²) in [5.41, 5.74) is 6.59. The van der Waals surface area contributed by atoms with Crippen LogP contribution in [-0.4, -0.2) is 4.57 Å². The van der Waals surface area contributed by atoms with Crippen LogP contribution < -0.4 is 0 Å². The first-order valence-corrected chi connectivity index (χ1v) is 8.56. The lowest BCUT2D eigenvalue weighted by molar-refractivity contribution is 0.594. The second-order valence-corrected chi connectivity index (χ2v) is 7.64. The monoisotopic (exact) mass is 313 g/mol. The third-order valence-electron chi connectivity index (χ3n) is 4.79. The van der Waals surface area contributed by atoms with Crippen molar-refractivity contribution in [2.45, 2.75) is 33.1 Å². The number of aromatic nitrogens is 1. The molecule has 4 rings (SSSR count). The summed E-state index contributed by atoms with van der Waals surface area (Å²) in [7, 11) is 0. The van der Waals surface area contributed by atoms with Gasteiger partial charge in [-0.1, -0.05) is 74.9 Å². The van der Waals surface area contributed by atoms with Crippen molar-refractivity contribution in [1.29, 1.82) is 0 Å². The highest BCUT2D eigenvalue weighted by molar-refractivity contribution is 6.10. The van der Waals surface area contributed by atoms with E-state index in [9.17, 15) is 0 Å². The maximum absolute atomic E-state index is 2.42. The van der Waals surface area contributed by atoms with Crippen LogP contribution in [-0.2, 0) is 5.41 Å². The third-order valence-corrected chi connectivity index (χ3v) is 4.79. The molecule has 0 atom stereocenters. The molecule has 0 aliphatic carbocycles. The average Bonchev–Trinajstić information content (AvgIpc) is 2.89. The van der Waals surface area contributed by atoms with E-state index >= 15 is 0 Å². The number of benzene rings is 3. The topological polar surface area (TPSA) is 4.93 Å². The van der Waals surface area contributed by atoms with Crippen LogP contribution in [0.5, 0.6) is 0 Å². The van der Waals surface area contributed by atoms with E-state index in [1.807, 2.05) is 0 Å². The summed E-state index contributed by atoms with van der Waals surface area (Å²) in [6.07, 6.45) is 0. The molecule has 120 valence electrons. The fourth-order valence-corrected chi connectivity index (χ4v) is 3.59. The predicted molar refractivity (Wildman–Crippen MR) is 104 cm³/mol. The van der Waals surface area contributed by atoms with Crippen molar-refractivity contribution in [1.82, 2.24) is 4.57 Å². The standard InChI is InChI=1S/C23H23N/c1-16-12-14-17(15-13-16)24-21-11-6-5-8-18(21)19-9-7-10-20(22(19)24)23(2,3)4/h5-15H,1-4H3. The number of hydrogen-bond donors (Lipinski definition) is 0. The number of fused-ring (bicyclic) bond motifs is 3. The van der Waals surface area contributed by atoms with E-state index in [1.165, 1.54) is 38.6 Å². The van der Waals surface area contributed by atoms with Crippen molar-refractivity contribution >= 4 is 21.8 Å². The molecule has 1 nitrogen and oxygen atoms in total. The van der Waals surface area contributed by atoms with Gasteiger partial charge < -0.3 is 4.57 Å². The highest BCUT2D eigenvalue weighted by Crippen LogP contribution is 2.38. The highest BCUT2D eigenvalue weighted by Gasteiger charge is 2.22. The van der Waals surface area contributed by atoms with Crippen molar-refractivity contribution in [2.24, 2.45) is 0 Å². The smallest absolute Gasteiger partial charge is 0.0578 e. The summed E-state index contributed by atoms with van der Waals surface area (Å²) >= 11 is 0. The first-order valence-electron chi connectivity index (χ1n) is 8.56. The van der Waals surface area contributed by atoms with Gasteiger partial charge in [-0.05, 0) is 36.1 Å². The number of para-hydroxylation sites is 2. The van der Waals surface area contributed by atoms with Crippen LogP contribution in [0.25, 0.3) is 27.5 Å². The second kappa shape index (κ2) is 5.24. The van der Waals surface area contributed by atoms with E-state index in [-0.39, 0.29) is 5.41 Å². The van der Waals surface area contributed by atoms with E-state index in [0.29, 0.717) is 0 Å². The van der Waals surface area contributed by atoms with Crippen LogP contribution in [0.15, 0.2) is 66.7 Å². The second-order valence-electron chi connectivity index (χ2n) is 7.64. The Hall–Kier alpha value is -2.54. The Morgan fingerprint density at radius 2 is 1.38 bits per heavy atom. The number of nitrogens with zero attached hydrogens (tertiary/aromatic N) is 1. The van der Waals surface area contributed by atoms with Crippen LogP contribution in [0.1, 0.15) is 31.9 Å². The van der Waals surface area contributed by atoms with E-state index < -0.39 is 0 Å². The van der Waals surface area contributed by atoms with Crippen molar-refractivity contribution in [2.75, 3.05) is 0 Å². The van der Waals surface area contributed by atoms with Crippen molar-refractivity contribution < 1.29 is 0 Å². The SMILES string of the molecule is Cc1ccc(-n2c3ccccc3c3cccc(C(C)(C)C)c32)cc1. The number of aryl methyl sites for hydroxylation is 1. The minimum absolute atomic E-state index is 0.0936. The fraction of sp³-hybridized carbons (Fsp3) is 0.217. The summed E-state index contributed by atoms with van der Waals surface area (Å²) in [4.78, 5) is 0. The van der Waals surface area contributed by atoms with Gasteiger partial charge in [0.25, 0.3) is 0 Å². The fourth-order valence-electron chi connectivity index (χ4n) is 3.59. The lowest BCUT2D eigenvalue weighted by Gasteiger charge is -2.22. The summed E-state index contributed by atoms with van der Waals surface area (Å²) in [5.74, 6) is 0. The highest BCUT2D eigenvalue weighted by atomic mass is 15.0. The molecule has 0 bridgehead atoms. The van der Waals surface area contributed by atoms with Crippen LogP contribution in [0.3, 0.4) is 0 Å². The maximum Gasteiger partial charge on any atom is 0.0578 e. The van der Waals surface area contributed by atoms with E-state index in [4.69, 9.17) is 0 Å². The molecule has 24 heavy (non-hydrogen) atoms. The molecule has 1 aromatic heterocycles. The Morgan fingerprint density at radius 3 is 2.08 bits per heavy atom. The van der Waals surface area contributed by atoms with Gasteiger partial charge in [0.1, 0.15) is 0 Å². The summed E-state index contributed by atoms with van der Waals surface area (Å²) in [6, 6.07) is 24.2. The average molecular weight is 313 g/mol. The quantitative estimate of drug-likeness (QED) is 0.384. The van der Waals surface area contributed by atoms with Gasteiger partial charge in [-0.2, -0.15) is 0 Å². The molecule has 3 aromatic carbocycles. The van der Waals surface area contributed by atoms with Crippen LogP contribution in [0, 0.1) is 6.92 Å². The van der Waals surface area contributed by atoms with Gasteiger partial charge in [0.2, 0.25) is 0 Å². The van der Waals surface area contributed by atoms with E-state index in [1.54, 1.807) is 0 Å². The molecule has 0 saturated carbocycles. The van der Waals surface area contributed by atoms with E-state index in [0.717, 1.165) is 0 Å². The molecular formula is C23H23N. The first-order chi connectivity index (χ1) is 11.5. The van der Waals surface area contributed by atoms with Gasteiger partial charge in [0.15, 0.2) is 0 Å². The Kier molecular flexibility index (Phi) is 3.28.